The zero-order chi connectivity index (χ0) is 14.9. The van der Waals surface area contributed by atoms with Crippen LogP contribution in [0.15, 0.2) is 71.6 Å². The molecule has 0 spiro atoms. The smallest absolute Gasteiger partial charge is 0.255 e. The summed E-state index contributed by atoms with van der Waals surface area (Å²) in [7, 11) is 0. The number of nitrogens with one attached hydrogen (secondary N) is 1. The minimum atomic E-state index is -0.0449. The Kier molecular flexibility index (Phi) is 3.13. The number of hydrogen-bond acceptors (Lipinski definition) is 2. The monoisotopic (exact) mass is 303 g/mol. The van der Waals surface area contributed by atoms with E-state index in [1.807, 2.05) is 47.9 Å². The van der Waals surface area contributed by atoms with Crippen molar-refractivity contribution in [1.82, 2.24) is 5.32 Å². The number of carbonyl (C=O) groups is 1. The number of fused-ring (bicyclic) bond motifs is 1. The molecule has 0 fully saturated rings. The largest absolute Gasteiger partial charge is 0.321 e. The van der Waals surface area contributed by atoms with Gasteiger partial charge in [-0.2, -0.15) is 0 Å². The van der Waals surface area contributed by atoms with E-state index in [-0.39, 0.29) is 5.91 Å². The van der Waals surface area contributed by atoms with Gasteiger partial charge in [-0.05, 0) is 46.0 Å². The molecule has 1 aliphatic heterocycles. The van der Waals surface area contributed by atoms with E-state index < -0.39 is 0 Å². The summed E-state index contributed by atoms with van der Waals surface area (Å²) in [5, 5.41) is 7.33. The quantitative estimate of drug-likeness (QED) is 0.696. The van der Waals surface area contributed by atoms with Gasteiger partial charge in [0, 0.05) is 16.1 Å². The Morgan fingerprint density at radius 2 is 1.82 bits per heavy atom. The maximum Gasteiger partial charge on any atom is 0.255 e. The summed E-state index contributed by atoms with van der Waals surface area (Å²) < 4.78 is 0. The van der Waals surface area contributed by atoms with E-state index in [2.05, 4.69) is 29.6 Å². The second-order valence-electron chi connectivity index (χ2n) is 5.19. The number of rotatable bonds is 2. The summed E-state index contributed by atoms with van der Waals surface area (Å²) in [5.74, 6) is -0.0449. The molecular formula is C19H13NOS. The standard InChI is InChI=1S/C19H13NOS/c21-19-16(11-17-6-3-9-22-17)12-18(20-19)15-8-7-13-4-1-2-5-14(13)10-15/h1-12H,(H,20,21). The van der Waals surface area contributed by atoms with Crippen molar-refractivity contribution in [3.8, 4) is 0 Å². The van der Waals surface area contributed by atoms with Crippen LogP contribution in [0.1, 0.15) is 10.4 Å². The third kappa shape index (κ3) is 2.36. The van der Waals surface area contributed by atoms with Crippen molar-refractivity contribution in [2.45, 2.75) is 0 Å². The highest BCUT2D eigenvalue weighted by Crippen LogP contribution is 2.26. The van der Waals surface area contributed by atoms with Gasteiger partial charge in [0.1, 0.15) is 0 Å². The van der Waals surface area contributed by atoms with Gasteiger partial charge in [-0.1, -0.05) is 42.5 Å². The molecule has 1 N–H and O–H groups in total. The fourth-order valence-electron chi connectivity index (χ4n) is 2.60. The van der Waals surface area contributed by atoms with Crippen LogP contribution in [-0.4, -0.2) is 5.91 Å². The van der Waals surface area contributed by atoms with Gasteiger partial charge in [-0.3, -0.25) is 4.79 Å². The summed E-state index contributed by atoms with van der Waals surface area (Å²) in [6, 6.07) is 18.4. The Morgan fingerprint density at radius 1 is 0.955 bits per heavy atom. The molecular weight excluding hydrogens is 290 g/mol. The Hall–Kier alpha value is -2.65. The van der Waals surface area contributed by atoms with Crippen molar-refractivity contribution in [2.75, 3.05) is 0 Å². The Bertz CT molecular complexity index is 920. The van der Waals surface area contributed by atoms with E-state index in [9.17, 15) is 4.79 Å². The Morgan fingerprint density at radius 3 is 2.64 bits per heavy atom. The summed E-state index contributed by atoms with van der Waals surface area (Å²) in [6.07, 6.45) is 3.85. The molecule has 0 saturated heterocycles. The highest BCUT2D eigenvalue weighted by atomic mass is 32.1. The first kappa shape index (κ1) is 13.0. The summed E-state index contributed by atoms with van der Waals surface area (Å²) in [5.41, 5.74) is 2.59. The molecule has 1 aliphatic rings. The maximum absolute atomic E-state index is 12.1. The Labute approximate surface area is 132 Å². The second kappa shape index (κ2) is 5.28. The first-order valence-corrected chi connectivity index (χ1v) is 7.95. The van der Waals surface area contributed by atoms with Crippen molar-refractivity contribution < 1.29 is 4.79 Å². The first-order chi connectivity index (χ1) is 10.8. The number of amides is 1. The van der Waals surface area contributed by atoms with Gasteiger partial charge >= 0.3 is 0 Å². The van der Waals surface area contributed by atoms with E-state index >= 15 is 0 Å². The molecule has 1 amide bonds. The molecule has 2 heterocycles. The van der Waals surface area contributed by atoms with Crippen molar-refractivity contribution in [2.24, 2.45) is 0 Å². The zero-order valence-electron chi connectivity index (χ0n) is 11.7. The van der Waals surface area contributed by atoms with Crippen LogP contribution in [-0.2, 0) is 4.79 Å². The van der Waals surface area contributed by atoms with Gasteiger partial charge in [0.2, 0.25) is 0 Å². The van der Waals surface area contributed by atoms with Crippen LogP contribution in [0.3, 0.4) is 0 Å². The SMILES string of the molecule is O=C1NC(c2ccc3ccccc3c2)=CC1=Cc1cccs1. The summed E-state index contributed by atoms with van der Waals surface area (Å²) in [4.78, 5) is 13.2. The average molecular weight is 303 g/mol. The molecule has 0 bridgehead atoms. The van der Waals surface area contributed by atoms with Crippen molar-refractivity contribution in [1.29, 1.82) is 0 Å². The van der Waals surface area contributed by atoms with Crippen molar-refractivity contribution in [3.63, 3.8) is 0 Å². The first-order valence-electron chi connectivity index (χ1n) is 7.07. The molecule has 0 saturated carbocycles. The zero-order valence-corrected chi connectivity index (χ0v) is 12.6. The predicted octanol–water partition coefficient (Wildman–Crippen LogP) is 4.46. The number of thiophene rings is 1. The van der Waals surface area contributed by atoms with Gasteiger partial charge < -0.3 is 5.32 Å². The highest BCUT2D eigenvalue weighted by molar-refractivity contribution is 7.10. The van der Waals surface area contributed by atoms with E-state index in [1.54, 1.807) is 11.3 Å². The van der Waals surface area contributed by atoms with Gasteiger partial charge in [0.25, 0.3) is 5.91 Å². The molecule has 0 unspecified atom stereocenters. The molecule has 0 atom stereocenters. The van der Waals surface area contributed by atoms with Crippen molar-refractivity contribution in [3.05, 3.63) is 82.1 Å². The summed E-state index contributed by atoms with van der Waals surface area (Å²) >= 11 is 1.63. The van der Waals surface area contributed by atoms with E-state index in [1.165, 1.54) is 10.8 Å². The Balaban J connectivity index is 1.74. The minimum Gasteiger partial charge on any atom is -0.321 e. The van der Waals surface area contributed by atoms with E-state index in [4.69, 9.17) is 0 Å². The lowest BCUT2D eigenvalue weighted by Gasteiger charge is -2.04. The molecule has 3 heteroatoms. The highest BCUT2D eigenvalue weighted by Gasteiger charge is 2.19. The van der Waals surface area contributed by atoms with Crippen molar-refractivity contribution >= 4 is 39.8 Å². The normalized spacial score (nSPS) is 16.1. The molecule has 2 aromatic carbocycles. The van der Waals surface area contributed by atoms with Crippen LogP contribution >= 0.6 is 11.3 Å². The topological polar surface area (TPSA) is 29.1 Å². The fraction of sp³-hybridized carbons (Fsp3) is 0. The molecule has 22 heavy (non-hydrogen) atoms. The second-order valence-corrected chi connectivity index (χ2v) is 6.17. The van der Waals surface area contributed by atoms with Crippen LogP contribution < -0.4 is 5.32 Å². The third-order valence-corrected chi connectivity index (χ3v) is 4.53. The van der Waals surface area contributed by atoms with Gasteiger partial charge in [0.05, 0.1) is 0 Å². The molecule has 106 valence electrons. The molecule has 3 aromatic rings. The van der Waals surface area contributed by atoms with Crippen LogP contribution in [0, 0.1) is 0 Å². The van der Waals surface area contributed by atoms with Gasteiger partial charge in [0.15, 0.2) is 0 Å². The average Bonchev–Trinajstić information content (AvgIpc) is 3.18. The lowest BCUT2D eigenvalue weighted by atomic mass is 10.0. The lowest BCUT2D eigenvalue weighted by Crippen LogP contribution is -2.15. The fourth-order valence-corrected chi connectivity index (χ4v) is 3.26. The molecule has 0 aliphatic carbocycles. The molecule has 0 radical (unpaired) electrons. The third-order valence-electron chi connectivity index (χ3n) is 3.71. The minimum absolute atomic E-state index is 0.0449. The molecule has 2 nitrogen and oxygen atoms in total. The molecule has 4 rings (SSSR count). The lowest BCUT2D eigenvalue weighted by molar-refractivity contribution is -0.115. The van der Waals surface area contributed by atoms with Crippen LogP contribution in [0.25, 0.3) is 22.5 Å². The van der Waals surface area contributed by atoms with Crippen LogP contribution in [0.5, 0.6) is 0 Å². The van der Waals surface area contributed by atoms with Crippen LogP contribution in [0.2, 0.25) is 0 Å². The van der Waals surface area contributed by atoms with E-state index in [0.29, 0.717) is 5.57 Å². The van der Waals surface area contributed by atoms with Gasteiger partial charge in [-0.25, -0.2) is 0 Å². The van der Waals surface area contributed by atoms with E-state index in [0.717, 1.165) is 16.1 Å². The van der Waals surface area contributed by atoms with Crippen LogP contribution in [0.4, 0.5) is 0 Å². The number of benzene rings is 2. The number of hydrogen-bond donors (Lipinski definition) is 1. The predicted molar refractivity (Wildman–Crippen MR) is 92.4 cm³/mol. The molecule has 1 aromatic heterocycles. The van der Waals surface area contributed by atoms with Gasteiger partial charge in [-0.15, -0.1) is 11.3 Å². The maximum atomic E-state index is 12.1. The number of carbonyl (C=O) groups excluding carboxylic acids is 1. The summed E-state index contributed by atoms with van der Waals surface area (Å²) in [6.45, 7) is 0.